The van der Waals surface area contributed by atoms with Crippen LogP contribution in [0.1, 0.15) is 13.3 Å². The number of aliphatic imine (C=N–C) groups is 2. The molecule has 0 radical (unpaired) electrons. The molecular formula is C6H12N2O. The summed E-state index contributed by atoms with van der Waals surface area (Å²) in [6, 6.07) is 2.51. The molecule has 0 aromatic rings. The van der Waals surface area contributed by atoms with E-state index < -0.39 is 0 Å². The SMILES string of the molecule is CCN=C=NCCCO. The molecule has 3 nitrogen and oxygen atoms in total. The Balaban J connectivity index is 3.13. The zero-order valence-corrected chi connectivity index (χ0v) is 5.67. The van der Waals surface area contributed by atoms with Crippen molar-refractivity contribution < 1.29 is 5.11 Å². The molecule has 0 aromatic heterocycles. The predicted octanol–water partition coefficient (Wildman–Crippen LogP) is 0.563. The number of aliphatic hydroxyl groups is 1. The third-order valence-electron chi connectivity index (χ3n) is 0.728. The molecular weight excluding hydrogens is 116 g/mol. The molecule has 9 heavy (non-hydrogen) atoms. The highest BCUT2D eigenvalue weighted by molar-refractivity contribution is 5.40. The van der Waals surface area contributed by atoms with Gasteiger partial charge in [0.2, 0.25) is 0 Å². The van der Waals surface area contributed by atoms with E-state index in [2.05, 4.69) is 16.0 Å². The van der Waals surface area contributed by atoms with Crippen LogP contribution >= 0.6 is 0 Å². The molecule has 0 unspecified atom stereocenters. The van der Waals surface area contributed by atoms with Crippen molar-refractivity contribution in [3.05, 3.63) is 0 Å². The lowest BCUT2D eigenvalue weighted by molar-refractivity contribution is 0.291. The summed E-state index contributed by atoms with van der Waals surface area (Å²) < 4.78 is 0. The van der Waals surface area contributed by atoms with Crippen molar-refractivity contribution in [1.29, 1.82) is 0 Å². The number of hydrogen-bond donors (Lipinski definition) is 1. The molecule has 0 bridgehead atoms. The zero-order chi connectivity index (χ0) is 6.95. The monoisotopic (exact) mass is 128 g/mol. The van der Waals surface area contributed by atoms with Gasteiger partial charge in [0.15, 0.2) is 0 Å². The Hall–Kier alpha value is -0.660. The third kappa shape index (κ3) is 7.34. The standard InChI is InChI=1S/C6H12N2O/c1-2-7-6-8-4-3-5-9/h9H,2-5H2,1H3. The lowest BCUT2D eigenvalue weighted by atomic mass is 10.5. The summed E-state index contributed by atoms with van der Waals surface area (Å²) in [4.78, 5) is 7.52. The third-order valence-corrected chi connectivity index (χ3v) is 0.728. The van der Waals surface area contributed by atoms with E-state index in [-0.39, 0.29) is 6.61 Å². The van der Waals surface area contributed by atoms with E-state index in [0.29, 0.717) is 13.0 Å². The lowest BCUT2D eigenvalue weighted by Gasteiger charge is -1.82. The molecule has 0 fully saturated rings. The van der Waals surface area contributed by atoms with Gasteiger partial charge in [0.05, 0.1) is 12.6 Å². The molecule has 0 saturated carbocycles. The molecule has 0 heterocycles. The second-order valence-corrected chi connectivity index (χ2v) is 1.53. The molecule has 0 amide bonds. The predicted molar refractivity (Wildman–Crippen MR) is 37.0 cm³/mol. The largest absolute Gasteiger partial charge is 0.396 e. The van der Waals surface area contributed by atoms with Crippen molar-refractivity contribution in [3.8, 4) is 0 Å². The van der Waals surface area contributed by atoms with Crippen LogP contribution in [0.4, 0.5) is 0 Å². The van der Waals surface area contributed by atoms with Gasteiger partial charge < -0.3 is 5.11 Å². The van der Waals surface area contributed by atoms with Gasteiger partial charge in [0.25, 0.3) is 0 Å². The van der Waals surface area contributed by atoms with Crippen LogP contribution in [0.15, 0.2) is 9.98 Å². The number of hydrogen-bond acceptors (Lipinski definition) is 3. The first kappa shape index (κ1) is 8.34. The number of nitrogens with zero attached hydrogens (tertiary/aromatic N) is 2. The van der Waals surface area contributed by atoms with E-state index in [1.54, 1.807) is 0 Å². The van der Waals surface area contributed by atoms with Crippen molar-refractivity contribution in [1.82, 2.24) is 0 Å². The van der Waals surface area contributed by atoms with Gasteiger partial charge in [-0.3, -0.25) is 0 Å². The molecule has 0 aliphatic rings. The molecule has 0 atom stereocenters. The minimum Gasteiger partial charge on any atom is -0.396 e. The molecule has 0 aromatic carbocycles. The Bertz CT molecular complexity index is 106. The molecule has 0 aliphatic heterocycles. The lowest BCUT2D eigenvalue weighted by Crippen LogP contribution is -1.84. The number of aliphatic hydroxyl groups excluding tert-OH is 1. The van der Waals surface area contributed by atoms with Gasteiger partial charge in [0.1, 0.15) is 0 Å². The highest BCUT2D eigenvalue weighted by Gasteiger charge is 1.75. The Labute approximate surface area is 55.1 Å². The smallest absolute Gasteiger partial charge is 0.0892 e. The second kappa shape index (κ2) is 7.34. The highest BCUT2D eigenvalue weighted by Crippen LogP contribution is 1.74. The summed E-state index contributed by atoms with van der Waals surface area (Å²) in [6.07, 6.45) is 0.701. The fourth-order valence-electron chi connectivity index (χ4n) is 0.320. The maximum Gasteiger partial charge on any atom is 0.0892 e. The quantitative estimate of drug-likeness (QED) is 0.436. The fraction of sp³-hybridized carbons (Fsp3) is 0.833. The van der Waals surface area contributed by atoms with Crippen molar-refractivity contribution >= 4 is 6.01 Å². The van der Waals surface area contributed by atoms with Crippen molar-refractivity contribution in [2.24, 2.45) is 9.98 Å². The minimum absolute atomic E-state index is 0.192. The van der Waals surface area contributed by atoms with Gasteiger partial charge in [0, 0.05) is 13.2 Å². The maximum atomic E-state index is 8.30. The molecule has 0 aliphatic carbocycles. The molecule has 0 saturated heterocycles. The van der Waals surface area contributed by atoms with Crippen LogP contribution in [-0.2, 0) is 0 Å². The summed E-state index contributed by atoms with van der Waals surface area (Å²) in [5.41, 5.74) is 0. The summed E-state index contributed by atoms with van der Waals surface area (Å²) in [7, 11) is 0. The summed E-state index contributed by atoms with van der Waals surface area (Å²) in [6.45, 7) is 3.47. The normalized spacial score (nSPS) is 8.22. The van der Waals surface area contributed by atoms with Crippen LogP contribution in [0.25, 0.3) is 0 Å². The summed E-state index contributed by atoms with van der Waals surface area (Å²) in [5.74, 6) is 0. The first-order valence-electron chi connectivity index (χ1n) is 3.10. The van der Waals surface area contributed by atoms with E-state index in [1.165, 1.54) is 0 Å². The maximum absolute atomic E-state index is 8.30. The Morgan fingerprint density at radius 3 is 2.78 bits per heavy atom. The Morgan fingerprint density at radius 2 is 2.22 bits per heavy atom. The van der Waals surface area contributed by atoms with E-state index in [9.17, 15) is 0 Å². The Morgan fingerprint density at radius 1 is 1.44 bits per heavy atom. The zero-order valence-electron chi connectivity index (χ0n) is 5.67. The molecule has 0 rings (SSSR count). The molecule has 52 valence electrons. The van der Waals surface area contributed by atoms with Crippen LogP contribution in [0.3, 0.4) is 0 Å². The average Bonchev–Trinajstić information content (AvgIpc) is 1.89. The van der Waals surface area contributed by atoms with E-state index in [4.69, 9.17) is 5.11 Å². The van der Waals surface area contributed by atoms with Gasteiger partial charge in [-0.25, -0.2) is 9.98 Å². The molecule has 1 N–H and O–H groups in total. The average molecular weight is 128 g/mol. The van der Waals surface area contributed by atoms with Crippen LogP contribution < -0.4 is 0 Å². The summed E-state index contributed by atoms with van der Waals surface area (Å²) in [5, 5.41) is 8.30. The summed E-state index contributed by atoms with van der Waals surface area (Å²) >= 11 is 0. The van der Waals surface area contributed by atoms with Crippen LogP contribution in [0.5, 0.6) is 0 Å². The topological polar surface area (TPSA) is 45.0 Å². The first-order valence-corrected chi connectivity index (χ1v) is 3.10. The first-order chi connectivity index (χ1) is 4.41. The van der Waals surface area contributed by atoms with Gasteiger partial charge in [-0.1, -0.05) is 0 Å². The van der Waals surface area contributed by atoms with Gasteiger partial charge in [-0.2, -0.15) is 0 Å². The van der Waals surface area contributed by atoms with Gasteiger partial charge in [-0.05, 0) is 13.3 Å². The van der Waals surface area contributed by atoms with Gasteiger partial charge >= 0.3 is 0 Å². The van der Waals surface area contributed by atoms with Crippen LogP contribution in [0, 0.1) is 0 Å². The van der Waals surface area contributed by atoms with E-state index in [0.717, 1.165) is 6.54 Å². The van der Waals surface area contributed by atoms with Crippen molar-refractivity contribution in [2.45, 2.75) is 13.3 Å². The van der Waals surface area contributed by atoms with Crippen LogP contribution in [-0.4, -0.2) is 30.8 Å². The van der Waals surface area contributed by atoms with E-state index >= 15 is 0 Å². The molecule has 3 heteroatoms. The minimum atomic E-state index is 0.192. The van der Waals surface area contributed by atoms with Crippen molar-refractivity contribution in [2.75, 3.05) is 19.7 Å². The fourth-order valence-corrected chi connectivity index (χ4v) is 0.320. The van der Waals surface area contributed by atoms with Crippen LogP contribution in [0.2, 0.25) is 0 Å². The second-order valence-electron chi connectivity index (χ2n) is 1.53. The molecule has 0 spiro atoms. The number of rotatable bonds is 4. The Kier molecular flexibility index (Phi) is 6.80. The highest BCUT2D eigenvalue weighted by atomic mass is 16.2. The van der Waals surface area contributed by atoms with Gasteiger partial charge in [-0.15, -0.1) is 0 Å². The van der Waals surface area contributed by atoms with E-state index in [1.807, 2.05) is 6.92 Å². The van der Waals surface area contributed by atoms with Crippen molar-refractivity contribution in [3.63, 3.8) is 0 Å².